The number of thiazole rings is 1. The summed E-state index contributed by atoms with van der Waals surface area (Å²) in [6.45, 7) is 0. The Morgan fingerprint density at radius 2 is 2.00 bits per heavy atom. The van der Waals surface area contributed by atoms with Crippen LogP contribution in [-0.4, -0.2) is 4.98 Å². The number of hydrogen-bond acceptors (Lipinski definition) is 3. The lowest BCUT2D eigenvalue weighted by Gasteiger charge is -1.99. The lowest BCUT2D eigenvalue weighted by molar-refractivity contribution is 1.47. The fraction of sp³-hybridized carbons (Fsp3) is 0. The number of nitrogens with two attached hydrogens (primary N) is 1. The van der Waals surface area contributed by atoms with E-state index in [1.807, 2.05) is 24.3 Å². The molecule has 0 spiro atoms. The molecule has 0 aliphatic carbocycles. The van der Waals surface area contributed by atoms with E-state index in [0.717, 1.165) is 25.3 Å². The van der Waals surface area contributed by atoms with E-state index in [4.69, 9.17) is 17.3 Å². The van der Waals surface area contributed by atoms with Crippen molar-refractivity contribution in [2.75, 3.05) is 5.73 Å². The van der Waals surface area contributed by atoms with E-state index in [9.17, 15) is 0 Å². The SMILES string of the molecule is Nc1ccc(-c2nc3ccc(Br)cc3s2)cc1Cl. The summed E-state index contributed by atoms with van der Waals surface area (Å²) in [6.07, 6.45) is 0. The molecule has 5 heteroatoms. The molecule has 1 heterocycles. The molecule has 18 heavy (non-hydrogen) atoms. The van der Waals surface area contributed by atoms with Gasteiger partial charge in [-0.1, -0.05) is 27.5 Å². The first-order valence-electron chi connectivity index (χ1n) is 5.25. The van der Waals surface area contributed by atoms with Crippen molar-refractivity contribution >= 4 is 54.8 Å². The average molecular weight is 340 g/mol. The monoisotopic (exact) mass is 338 g/mol. The number of halogens is 2. The summed E-state index contributed by atoms with van der Waals surface area (Å²) in [5.41, 5.74) is 8.28. The number of fused-ring (bicyclic) bond motifs is 1. The van der Waals surface area contributed by atoms with Gasteiger partial charge >= 0.3 is 0 Å². The third kappa shape index (κ3) is 2.11. The molecule has 0 fully saturated rings. The third-order valence-electron chi connectivity index (χ3n) is 2.60. The second-order valence-electron chi connectivity index (χ2n) is 3.87. The molecule has 0 aliphatic rings. The van der Waals surface area contributed by atoms with Crippen LogP contribution in [0, 0.1) is 0 Å². The van der Waals surface area contributed by atoms with Crippen LogP contribution in [0.5, 0.6) is 0 Å². The molecule has 2 aromatic carbocycles. The van der Waals surface area contributed by atoms with Gasteiger partial charge in [0.1, 0.15) is 5.01 Å². The van der Waals surface area contributed by atoms with E-state index in [-0.39, 0.29) is 0 Å². The summed E-state index contributed by atoms with van der Waals surface area (Å²) in [5, 5.41) is 1.51. The zero-order valence-corrected chi connectivity index (χ0v) is 12.3. The largest absolute Gasteiger partial charge is 0.398 e. The van der Waals surface area contributed by atoms with Crippen molar-refractivity contribution in [3.05, 3.63) is 45.9 Å². The number of aromatic nitrogens is 1. The maximum Gasteiger partial charge on any atom is 0.124 e. The van der Waals surface area contributed by atoms with Gasteiger partial charge in [-0.25, -0.2) is 4.98 Å². The Hall–Kier alpha value is -1.10. The molecule has 1 aromatic heterocycles. The maximum atomic E-state index is 6.03. The molecule has 0 saturated carbocycles. The van der Waals surface area contributed by atoms with Gasteiger partial charge < -0.3 is 5.73 Å². The minimum absolute atomic E-state index is 0.563. The highest BCUT2D eigenvalue weighted by atomic mass is 79.9. The number of nitrogen functional groups attached to an aromatic ring is 1. The quantitative estimate of drug-likeness (QED) is 0.636. The Kier molecular flexibility index (Phi) is 3.01. The predicted octanol–water partition coefficient (Wildman–Crippen LogP) is 4.96. The second kappa shape index (κ2) is 4.53. The number of nitrogens with zero attached hydrogens (tertiary/aromatic N) is 1. The average Bonchev–Trinajstić information content (AvgIpc) is 2.75. The summed E-state index contributed by atoms with van der Waals surface area (Å²) in [7, 11) is 0. The minimum atomic E-state index is 0.563. The van der Waals surface area contributed by atoms with Crippen LogP contribution in [0.4, 0.5) is 5.69 Å². The van der Waals surface area contributed by atoms with Crippen molar-refractivity contribution in [2.24, 2.45) is 0 Å². The van der Waals surface area contributed by atoms with Crippen LogP contribution in [0.1, 0.15) is 0 Å². The predicted molar refractivity (Wildman–Crippen MR) is 82.2 cm³/mol. The molecule has 0 unspecified atom stereocenters. The molecular weight excluding hydrogens is 332 g/mol. The summed E-state index contributed by atoms with van der Waals surface area (Å²) in [4.78, 5) is 4.59. The Morgan fingerprint density at radius 1 is 1.17 bits per heavy atom. The first-order valence-corrected chi connectivity index (χ1v) is 7.24. The van der Waals surface area contributed by atoms with Gasteiger partial charge in [0.25, 0.3) is 0 Å². The molecule has 3 rings (SSSR count). The Morgan fingerprint density at radius 3 is 2.78 bits per heavy atom. The van der Waals surface area contributed by atoms with Crippen LogP contribution in [-0.2, 0) is 0 Å². The van der Waals surface area contributed by atoms with Gasteiger partial charge in [-0.05, 0) is 36.4 Å². The standard InChI is InChI=1S/C13H8BrClN2S/c14-8-2-4-11-12(6-8)18-13(17-11)7-1-3-10(16)9(15)5-7/h1-6H,16H2. The van der Waals surface area contributed by atoms with Gasteiger partial charge in [-0.15, -0.1) is 11.3 Å². The van der Waals surface area contributed by atoms with E-state index in [0.29, 0.717) is 10.7 Å². The molecular formula is C13H8BrClN2S. The fourth-order valence-corrected chi connectivity index (χ4v) is 3.38. The summed E-state index contributed by atoms with van der Waals surface area (Å²) in [5.74, 6) is 0. The molecule has 0 amide bonds. The van der Waals surface area contributed by atoms with Gasteiger partial charge in [-0.2, -0.15) is 0 Å². The fourth-order valence-electron chi connectivity index (χ4n) is 1.68. The third-order valence-corrected chi connectivity index (χ3v) is 4.49. The summed E-state index contributed by atoms with van der Waals surface area (Å²) >= 11 is 11.1. The minimum Gasteiger partial charge on any atom is -0.398 e. The van der Waals surface area contributed by atoms with Crippen molar-refractivity contribution in [1.29, 1.82) is 0 Å². The van der Waals surface area contributed by atoms with Crippen LogP contribution in [0.15, 0.2) is 40.9 Å². The van der Waals surface area contributed by atoms with Crippen LogP contribution in [0.25, 0.3) is 20.8 Å². The van der Waals surface area contributed by atoms with Gasteiger partial charge in [-0.3, -0.25) is 0 Å². The van der Waals surface area contributed by atoms with E-state index in [2.05, 4.69) is 27.0 Å². The molecule has 0 atom stereocenters. The van der Waals surface area contributed by atoms with Crippen molar-refractivity contribution in [3.63, 3.8) is 0 Å². The van der Waals surface area contributed by atoms with Crippen molar-refractivity contribution in [1.82, 2.24) is 4.98 Å². The van der Waals surface area contributed by atoms with Gasteiger partial charge in [0.05, 0.1) is 20.9 Å². The van der Waals surface area contributed by atoms with E-state index >= 15 is 0 Å². The van der Waals surface area contributed by atoms with Crippen LogP contribution in [0.3, 0.4) is 0 Å². The molecule has 2 N–H and O–H groups in total. The van der Waals surface area contributed by atoms with Crippen molar-refractivity contribution in [2.45, 2.75) is 0 Å². The zero-order chi connectivity index (χ0) is 12.7. The van der Waals surface area contributed by atoms with E-state index in [1.165, 1.54) is 0 Å². The van der Waals surface area contributed by atoms with Crippen LogP contribution >= 0.6 is 38.9 Å². The Balaban J connectivity index is 2.16. The normalized spacial score (nSPS) is 11.0. The zero-order valence-electron chi connectivity index (χ0n) is 9.15. The number of hydrogen-bond donors (Lipinski definition) is 1. The maximum absolute atomic E-state index is 6.03. The highest BCUT2D eigenvalue weighted by Crippen LogP contribution is 2.33. The molecule has 90 valence electrons. The van der Waals surface area contributed by atoms with Crippen molar-refractivity contribution < 1.29 is 0 Å². The Bertz CT molecular complexity index is 739. The first-order chi connectivity index (χ1) is 8.63. The van der Waals surface area contributed by atoms with Gasteiger partial charge in [0, 0.05) is 10.0 Å². The highest BCUT2D eigenvalue weighted by Gasteiger charge is 2.08. The Labute approximate surface area is 122 Å². The summed E-state index contributed by atoms with van der Waals surface area (Å²) < 4.78 is 2.20. The van der Waals surface area contributed by atoms with Gasteiger partial charge in [0.2, 0.25) is 0 Å². The number of anilines is 1. The van der Waals surface area contributed by atoms with Crippen LogP contribution < -0.4 is 5.73 Å². The van der Waals surface area contributed by atoms with E-state index in [1.54, 1.807) is 17.4 Å². The highest BCUT2D eigenvalue weighted by molar-refractivity contribution is 9.10. The topological polar surface area (TPSA) is 38.9 Å². The molecule has 0 bridgehead atoms. The lowest BCUT2D eigenvalue weighted by atomic mass is 10.2. The molecule has 0 radical (unpaired) electrons. The van der Waals surface area contributed by atoms with Crippen LogP contribution in [0.2, 0.25) is 5.02 Å². The first kappa shape index (κ1) is 12.0. The van der Waals surface area contributed by atoms with E-state index < -0.39 is 0 Å². The number of rotatable bonds is 1. The molecule has 2 nitrogen and oxygen atoms in total. The smallest absolute Gasteiger partial charge is 0.124 e. The molecule has 3 aromatic rings. The molecule has 0 saturated heterocycles. The number of benzene rings is 2. The molecule has 0 aliphatic heterocycles. The van der Waals surface area contributed by atoms with Crippen molar-refractivity contribution in [3.8, 4) is 10.6 Å². The summed E-state index contributed by atoms with van der Waals surface area (Å²) in [6, 6.07) is 11.6. The van der Waals surface area contributed by atoms with Gasteiger partial charge in [0.15, 0.2) is 0 Å². The lowest BCUT2D eigenvalue weighted by Crippen LogP contribution is -1.86. The second-order valence-corrected chi connectivity index (χ2v) is 6.22.